The third-order valence-corrected chi connectivity index (χ3v) is 7.07. The Balaban J connectivity index is 0.000000236. The molecule has 2 amide bonds. The van der Waals surface area contributed by atoms with Crippen molar-refractivity contribution in [3.8, 4) is 0 Å². The quantitative estimate of drug-likeness (QED) is 0.163. The fraction of sp³-hybridized carbons (Fsp3) is 0.481. The van der Waals surface area contributed by atoms with Crippen molar-refractivity contribution in [3.05, 3.63) is 46.8 Å². The number of carbonyl (C=O) groups excluding carboxylic acids is 2. The Morgan fingerprint density at radius 2 is 1.70 bits per heavy atom. The molecule has 244 valence electrons. The first-order valence-corrected chi connectivity index (χ1v) is 14.0. The van der Waals surface area contributed by atoms with Crippen molar-refractivity contribution in [2.45, 2.75) is 69.5 Å². The number of alkyl halides is 7. The number of piperidine rings is 1. The number of pyridine rings is 1. The minimum atomic E-state index is -4.50. The number of benzene rings is 1. The highest BCUT2D eigenvalue weighted by molar-refractivity contribution is 6.71. The molecule has 2 heterocycles. The Labute approximate surface area is 258 Å². The van der Waals surface area contributed by atoms with Crippen LogP contribution >= 0.6 is 23.2 Å². The number of primary amides is 1. The molecule has 2 fully saturated rings. The van der Waals surface area contributed by atoms with E-state index < -0.39 is 41.2 Å². The standard InChI is InChI=1S/C10H6ClF3N2.C10H14ClF2N3O.C7H11F2NO/c11-5-1-2-8-6(3-5)7(15)4-9(16-8)10(12,13)14;11-8(14)7(9(15)17)5-16-6-1-3-10(12,13)4-2-6;8-6(9)7(11)10-4-2-1-3-5-10/h1-4H,(H2,15,16);5-6,14,16H,1-4H2,(H2,15,17);6H,1-5H2/b;7-5+,14-8?;. The van der Waals surface area contributed by atoms with Crippen LogP contribution in [0, 0.1) is 5.41 Å². The molecule has 0 radical (unpaired) electrons. The summed E-state index contributed by atoms with van der Waals surface area (Å²) in [5, 5.41) is 10.3. The summed E-state index contributed by atoms with van der Waals surface area (Å²) in [6.07, 6.45) is -3.06. The maximum absolute atomic E-state index is 12.9. The van der Waals surface area contributed by atoms with Crippen LogP contribution in [0.2, 0.25) is 5.02 Å². The van der Waals surface area contributed by atoms with Crippen molar-refractivity contribution in [2.75, 3.05) is 18.8 Å². The van der Waals surface area contributed by atoms with E-state index in [1.807, 2.05) is 0 Å². The largest absolute Gasteiger partial charge is 0.433 e. The highest BCUT2D eigenvalue weighted by Crippen LogP contribution is 2.34. The monoisotopic (exact) mass is 674 g/mol. The number of carbonyl (C=O) groups is 2. The van der Waals surface area contributed by atoms with Crippen molar-refractivity contribution >= 4 is 56.8 Å². The van der Waals surface area contributed by atoms with Crippen LogP contribution in [0.25, 0.3) is 10.9 Å². The lowest BCUT2D eigenvalue weighted by atomic mass is 9.92. The molecule has 1 aromatic heterocycles. The van der Waals surface area contributed by atoms with Gasteiger partial charge in [-0.1, -0.05) is 23.2 Å². The van der Waals surface area contributed by atoms with Crippen LogP contribution in [0.15, 0.2) is 36.0 Å². The van der Waals surface area contributed by atoms with E-state index in [-0.39, 0.29) is 35.7 Å². The second-order valence-electron chi connectivity index (χ2n) is 9.98. The Kier molecular flexibility index (Phi) is 13.5. The first-order chi connectivity index (χ1) is 20.4. The van der Waals surface area contributed by atoms with Gasteiger partial charge in [0.15, 0.2) is 0 Å². The van der Waals surface area contributed by atoms with Crippen molar-refractivity contribution < 1.29 is 40.3 Å². The van der Waals surface area contributed by atoms with Crippen molar-refractivity contribution in [1.82, 2.24) is 15.2 Å². The molecule has 1 saturated heterocycles. The number of likely N-dealkylation sites (tertiary alicyclic amines) is 1. The number of hydrogen-bond acceptors (Lipinski definition) is 6. The summed E-state index contributed by atoms with van der Waals surface area (Å²) in [5.41, 5.74) is 9.57. The molecule has 4 rings (SSSR count). The maximum atomic E-state index is 12.9. The smallest absolute Gasteiger partial charge is 0.398 e. The SMILES string of the molecule is N=C(Cl)/C(=C\NC1CCC(F)(F)CC1)C(N)=O.Nc1cc(C(F)(F)F)nc2ccc(Cl)cc12.O=C(C(F)F)N1CCCCC1. The van der Waals surface area contributed by atoms with Crippen molar-refractivity contribution in [1.29, 1.82) is 5.41 Å². The number of nitrogens with zero attached hydrogens (tertiary/aromatic N) is 2. The molecule has 0 bridgehead atoms. The van der Waals surface area contributed by atoms with E-state index in [9.17, 15) is 40.3 Å². The molecule has 2 aromatic rings. The minimum Gasteiger partial charge on any atom is -0.398 e. The first-order valence-electron chi connectivity index (χ1n) is 13.3. The van der Waals surface area contributed by atoms with E-state index in [1.54, 1.807) is 0 Å². The minimum absolute atomic E-state index is 0.0137. The van der Waals surface area contributed by atoms with Crippen LogP contribution in [-0.4, -0.2) is 58.3 Å². The zero-order chi connectivity index (χ0) is 33.2. The third-order valence-electron chi connectivity index (χ3n) is 6.63. The lowest BCUT2D eigenvalue weighted by molar-refractivity contribution is -0.143. The van der Waals surface area contributed by atoms with Gasteiger partial charge in [0.2, 0.25) is 5.92 Å². The highest BCUT2D eigenvalue weighted by atomic mass is 35.5. The third kappa shape index (κ3) is 11.6. The van der Waals surface area contributed by atoms with Crippen molar-refractivity contribution in [2.24, 2.45) is 5.73 Å². The van der Waals surface area contributed by atoms with Gasteiger partial charge in [0, 0.05) is 54.3 Å². The van der Waals surface area contributed by atoms with Crippen LogP contribution < -0.4 is 16.8 Å². The van der Waals surface area contributed by atoms with E-state index in [0.717, 1.165) is 25.3 Å². The Morgan fingerprint density at radius 1 is 1.11 bits per heavy atom. The van der Waals surface area contributed by atoms with Crippen LogP contribution in [0.3, 0.4) is 0 Å². The van der Waals surface area contributed by atoms with Gasteiger partial charge in [0.25, 0.3) is 11.8 Å². The number of amides is 2. The molecule has 17 heteroatoms. The zero-order valence-electron chi connectivity index (χ0n) is 23.2. The average Bonchev–Trinajstić information content (AvgIpc) is 2.94. The maximum Gasteiger partial charge on any atom is 0.433 e. The van der Waals surface area contributed by atoms with E-state index in [2.05, 4.69) is 10.3 Å². The molecule has 44 heavy (non-hydrogen) atoms. The van der Waals surface area contributed by atoms with Gasteiger partial charge in [0.1, 0.15) is 10.9 Å². The van der Waals surface area contributed by atoms with Gasteiger partial charge in [-0.3, -0.25) is 15.0 Å². The van der Waals surface area contributed by atoms with Gasteiger partial charge >= 0.3 is 12.6 Å². The highest BCUT2D eigenvalue weighted by Gasteiger charge is 2.35. The topological polar surface area (TPSA) is 138 Å². The molecule has 1 aliphatic heterocycles. The van der Waals surface area contributed by atoms with Gasteiger partial charge in [-0.2, -0.15) is 22.0 Å². The molecule has 2 aliphatic rings. The van der Waals surface area contributed by atoms with Crippen molar-refractivity contribution in [3.63, 3.8) is 0 Å². The number of nitrogens with one attached hydrogen (secondary N) is 2. The number of fused-ring (bicyclic) bond motifs is 1. The van der Waals surface area contributed by atoms with Gasteiger partial charge < -0.3 is 21.7 Å². The first kappa shape index (κ1) is 36.9. The molecule has 1 aliphatic carbocycles. The molecule has 8 nitrogen and oxygen atoms in total. The number of nitrogen functional groups attached to an aromatic ring is 1. The summed E-state index contributed by atoms with van der Waals surface area (Å²) >= 11 is 11.1. The fourth-order valence-corrected chi connectivity index (χ4v) is 4.59. The van der Waals surface area contributed by atoms with E-state index in [4.69, 9.17) is 40.1 Å². The van der Waals surface area contributed by atoms with Crippen LogP contribution in [0.1, 0.15) is 50.6 Å². The molecule has 1 saturated carbocycles. The summed E-state index contributed by atoms with van der Waals surface area (Å²) in [6, 6.07) is 5.03. The van der Waals surface area contributed by atoms with E-state index in [1.165, 1.54) is 29.3 Å². The summed E-state index contributed by atoms with van der Waals surface area (Å²) in [5.74, 6) is -4.42. The van der Waals surface area contributed by atoms with Gasteiger partial charge in [-0.05, 0) is 56.4 Å². The molecule has 0 atom stereocenters. The number of aromatic nitrogens is 1. The molecule has 0 unspecified atom stereocenters. The molecular formula is C27H31Cl2F7N6O2. The van der Waals surface area contributed by atoms with E-state index >= 15 is 0 Å². The lowest BCUT2D eigenvalue weighted by Gasteiger charge is -2.28. The number of nitrogens with two attached hydrogens (primary N) is 2. The summed E-state index contributed by atoms with van der Waals surface area (Å²) in [6.45, 7) is 1.01. The van der Waals surface area contributed by atoms with Gasteiger partial charge in [0.05, 0.1) is 11.1 Å². The molecule has 1 aromatic carbocycles. The zero-order valence-corrected chi connectivity index (χ0v) is 24.7. The summed E-state index contributed by atoms with van der Waals surface area (Å²) in [4.78, 5) is 26.3. The summed E-state index contributed by atoms with van der Waals surface area (Å²) in [7, 11) is 0. The number of rotatable bonds is 5. The van der Waals surface area contributed by atoms with Gasteiger partial charge in [-0.25, -0.2) is 13.8 Å². The molecule has 0 spiro atoms. The summed E-state index contributed by atoms with van der Waals surface area (Å²) < 4.78 is 86.7. The Hall–Kier alpha value is -3.33. The predicted molar refractivity (Wildman–Crippen MR) is 154 cm³/mol. The number of hydrogen-bond donors (Lipinski definition) is 4. The molecule has 6 N–H and O–H groups in total. The normalized spacial score (nSPS) is 17.2. The second kappa shape index (κ2) is 16.1. The van der Waals surface area contributed by atoms with Crippen LogP contribution in [0.4, 0.5) is 36.4 Å². The van der Waals surface area contributed by atoms with E-state index in [0.29, 0.717) is 36.3 Å². The Morgan fingerprint density at radius 3 is 2.20 bits per heavy atom. The average molecular weight is 675 g/mol. The second-order valence-corrected chi connectivity index (χ2v) is 10.8. The predicted octanol–water partition coefficient (Wildman–Crippen LogP) is 6.49. The Bertz CT molecular complexity index is 1330. The van der Waals surface area contributed by atoms with Crippen LogP contribution in [0.5, 0.6) is 0 Å². The number of halogens is 9. The molecular weight excluding hydrogens is 644 g/mol. The van der Waals surface area contributed by atoms with Gasteiger partial charge in [-0.15, -0.1) is 0 Å². The number of anilines is 1. The fourth-order valence-electron chi connectivity index (χ4n) is 4.27. The van der Waals surface area contributed by atoms with Crippen LogP contribution in [-0.2, 0) is 15.8 Å². The lowest BCUT2D eigenvalue weighted by Crippen LogP contribution is -2.39.